The van der Waals surface area contributed by atoms with Crippen LogP contribution in [0.25, 0.3) is 0 Å². The fraction of sp³-hybridized carbons (Fsp3) is 0.500. The fourth-order valence-corrected chi connectivity index (χ4v) is 1.75. The van der Waals surface area contributed by atoms with Crippen molar-refractivity contribution in [2.45, 2.75) is 31.9 Å². The molecule has 0 saturated heterocycles. The first kappa shape index (κ1) is 14.7. The van der Waals surface area contributed by atoms with Crippen molar-refractivity contribution < 1.29 is 9.53 Å². The molecule has 18 heavy (non-hydrogen) atoms. The lowest BCUT2D eigenvalue weighted by molar-refractivity contribution is -0.131. The molecular weight excluding hydrogens is 228 g/mol. The number of rotatable bonds is 7. The second-order valence-corrected chi connectivity index (χ2v) is 4.44. The summed E-state index contributed by atoms with van der Waals surface area (Å²) in [4.78, 5) is 12.0. The number of carbonyl (C=O) groups excluding carboxylic acids is 1. The van der Waals surface area contributed by atoms with Gasteiger partial charge in [-0.05, 0) is 25.3 Å². The van der Waals surface area contributed by atoms with Crippen LogP contribution in [0.15, 0.2) is 30.3 Å². The highest BCUT2D eigenvalue weighted by Crippen LogP contribution is 2.15. The van der Waals surface area contributed by atoms with Gasteiger partial charge in [0, 0.05) is 19.7 Å². The summed E-state index contributed by atoms with van der Waals surface area (Å²) in [5.74, 6) is -0.103. The zero-order valence-corrected chi connectivity index (χ0v) is 11.1. The van der Waals surface area contributed by atoms with Gasteiger partial charge in [0.25, 0.3) is 5.91 Å². The van der Waals surface area contributed by atoms with Crippen molar-refractivity contribution in [2.24, 2.45) is 5.73 Å². The van der Waals surface area contributed by atoms with E-state index in [-0.39, 0.29) is 11.9 Å². The van der Waals surface area contributed by atoms with Gasteiger partial charge in [0.05, 0.1) is 0 Å². The Kier molecular flexibility index (Phi) is 6.39. The predicted octanol–water partition coefficient (Wildman–Crippen LogP) is 1.62. The Labute approximate surface area is 109 Å². The molecule has 0 saturated carbocycles. The molecule has 1 amide bonds. The van der Waals surface area contributed by atoms with Crippen LogP contribution >= 0.6 is 0 Å². The summed E-state index contributed by atoms with van der Waals surface area (Å²) in [6, 6.07) is 9.65. The van der Waals surface area contributed by atoms with Gasteiger partial charge in [0.15, 0.2) is 6.10 Å². The monoisotopic (exact) mass is 250 g/mol. The van der Waals surface area contributed by atoms with Crippen molar-refractivity contribution in [1.82, 2.24) is 5.32 Å². The average Bonchev–Trinajstić information content (AvgIpc) is 2.36. The van der Waals surface area contributed by atoms with Crippen molar-refractivity contribution in [2.75, 3.05) is 13.7 Å². The molecule has 0 spiro atoms. The first-order valence-corrected chi connectivity index (χ1v) is 6.26. The molecule has 0 radical (unpaired) electrons. The number of nitrogens with two attached hydrogens (primary N) is 1. The maximum Gasteiger partial charge on any atom is 0.253 e. The number of methoxy groups -OCH3 is 1. The smallest absolute Gasteiger partial charge is 0.253 e. The Bertz CT molecular complexity index is 352. The summed E-state index contributed by atoms with van der Waals surface area (Å²) in [5.41, 5.74) is 6.51. The SMILES string of the molecule is COC(C(=O)NCCCC(C)N)c1ccccc1. The van der Waals surface area contributed by atoms with Crippen LogP contribution in [0.2, 0.25) is 0 Å². The average molecular weight is 250 g/mol. The molecule has 0 aromatic heterocycles. The van der Waals surface area contributed by atoms with E-state index in [1.54, 1.807) is 7.11 Å². The number of carbonyl (C=O) groups is 1. The molecule has 2 atom stereocenters. The molecule has 1 rings (SSSR count). The minimum absolute atomic E-state index is 0.103. The van der Waals surface area contributed by atoms with E-state index in [1.165, 1.54) is 0 Å². The summed E-state index contributed by atoms with van der Waals surface area (Å²) in [5, 5.41) is 2.87. The summed E-state index contributed by atoms with van der Waals surface area (Å²) in [6.07, 6.45) is 1.25. The van der Waals surface area contributed by atoms with Crippen molar-refractivity contribution in [3.05, 3.63) is 35.9 Å². The molecule has 1 aromatic rings. The summed E-state index contributed by atoms with van der Waals surface area (Å²) >= 11 is 0. The van der Waals surface area contributed by atoms with Gasteiger partial charge in [-0.2, -0.15) is 0 Å². The van der Waals surface area contributed by atoms with Gasteiger partial charge in [-0.25, -0.2) is 0 Å². The van der Waals surface area contributed by atoms with Crippen LogP contribution in [0, 0.1) is 0 Å². The van der Waals surface area contributed by atoms with Gasteiger partial charge in [-0.3, -0.25) is 4.79 Å². The summed E-state index contributed by atoms with van der Waals surface area (Å²) < 4.78 is 5.24. The maximum absolute atomic E-state index is 12.0. The number of hydrogen-bond acceptors (Lipinski definition) is 3. The molecule has 3 N–H and O–H groups in total. The van der Waals surface area contributed by atoms with Crippen LogP contribution in [0.4, 0.5) is 0 Å². The summed E-state index contributed by atoms with van der Waals surface area (Å²) in [7, 11) is 1.54. The highest BCUT2D eigenvalue weighted by Gasteiger charge is 2.18. The van der Waals surface area contributed by atoms with E-state index in [9.17, 15) is 4.79 Å². The van der Waals surface area contributed by atoms with E-state index in [0.717, 1.165) is 18.4 Å². The predicted molar refractivity (Wildman–Crippen MR) is 72.1 cm³/mol. The van der Waals surface area contributed by atoms with Crippen LogP contribution in [-0.4, -0.2) is 25.6 Å². The Morgan fingerprint density at radius 1 is 1.39 bits per heavy atom. The van der Waals surface area contributed by atoms with Crippen molar-refractivity contribution >= 4 is 5.91 Å². The minimum Gasteiger partial charge on any atom is -0.367 e. The quantitative estimate of drug-likeness (QED) is 0.723. The number of ether oxygens (including phenoxy) is 1. The highest BCUT2D eigenvalue weighted by molar-refractivity contribution is 5.82. The lowest BCUT2D eigenvalue weighted by atomic mass is 10.1. The first-order chi connectivity index (χ1) is 8.65. The van der Waals surface area contributed by atoms with Crippen molar-refractivity contribution in [3.8, 4) is 0 Å². The standard InChI is InChI=1S/C14H22N2O2/c1-11(15)7-6-10-16-14(17)13(18-2)12-8-4-3-5-9-12/h3-5,8-9,11,13H,6-7,10,15H2,1-2H3,(H,16,17). The van der Waals surface area contributed by atoms with Crippen LogP contribution in [-0.2, 0) is 9.53 Å². The highest BCUT2D eigenvalue weighted by atomic mass is 16.5. The van der Waals surface area contributed by atoms with Crippen LogP contribution in [0.5, 0.6) is 0 Å². The van der Waals surface area contributed by atoms with Gasteiger partial charge in [0.2, 0.25) is 0 Å². The van der Waals surface area contributed by atoms with Crippen LogP contribution in [0.3, 0.4) is 0 Å². The Hall–Kier alpha value is -1.39. The number of hydrogen-bond donors (Lipinski definition) is 2. The molecule has 2 unspecified atom stereocenters. The first-order valence-electron chi connectivity index (χ1n) is 6.26. The molecule has 100 valence electrons. The van der Waals surface area contributed by atoms with Crippen molar-refractivity contribution in [1.29, 1.82) is 0 Å². The second-order valence-electron chi connectivity index (χ2n) is 4.44. The second kappa shape index (κ2) is 7.84. The van der Waals surface area contributed by atoms with Crippen LogP contribution in [0.1, 0.15) is 31.4 Å². The molecule has 0 fully saturated rings. The van der Waals surface area contributed by atoms with E-state index < -0.39 is 6.10 Å². The van der Waals surface area contributed by atoms with Crippen molar-refractivity contribution in [3.63, 3.8) is 0 Å². The Morgan fingerprint density at radius 2 is 2.06 bits per heavy atom. The molecule has 0 bridgehead atoms. The topological polar surface area (TPSA) is 64.3 Å². The molecule has 0 heterocycles. The summed E-state index contributed by atoms with van der Waals surface area (Å²) in [6.45, 7) is 2.59. The lowest BCUT2D eigenvalue weighted by Gasteiger charge is -2.15. The van der Waals surface area contributed by atoms with Gasteiger partial charge in [-0.15, -0.1) is 0 Å². The third kappa shape index (κ3) is 4.85. The Balaban J connectivity index is 2.43. The normalized spacial score (nSPS) is 13.9. The maximum atomic E-state index is 12.0. The number of amides is 1. The molecule has 0 aliphatic heterocycles. The van der Waals surface area contributed by atoms with E-state index in [2.05, 4.69) is 5.32 Å². The third-order valence-corrected chi connectivity index (χ3v) is 2.71. The molecule has 0 aliphatic rings. The zero-order chi connectivity index (χ0) is 13.4. The van der Waals surface area contributed by atoms with Gasteiger partial charge in [0.1, 0.15) is 0 Å². The largest absolute Gasteiger partial charge is 0.367 e. The van der Waals surface area contributed by atoms with Gasteiger partial charge < -0.3 is 15.8 Å². The molecule has 0 aliphatic carbocycles. The molecule has 4 heteroatoms. The zero-order valence-electron chi connectivity index (χ0n) is 11.1. The number of nitrogens with one attached hydrogen (secondary N) is 1. The Morgan fingerprint density at radius 3 is 2.61 bits per heavy atom. The lowest BCUT2D eigenvalue weighted by Crippen LogP contribution is -2.31. The van der Waals surface area contributed by atoms with E-state index in [4.69, 9.17) is 10.5 Å². The van der Waals surface area contributed by atoms with Gasteiger partial charge in [-0.1, -0.05) is 30.3 Å². The molecule has 1 aromatic carbocycles. The van der Waals surface area contributed by atoms with E-state index >= 15 is 0 Å². The van der Waals surface area contributed by atoms with E-state index in [1.807, 2.05) is 37.3 Å². The molecular formula is C14H22N2O2. The third-order valence-electron chi connectivity index (χ3n) is 2.71. The van der Waals surface area contributed by atoms with Crippen LogP contribution < -0.4 is 11.1 Å². The molecule has 4 nitrogen and oxygen atoms in total. The van der Waals surface area contributed by atoms with E-state index in [0.29, 0.717) is 6.54 Å². The fourth-order valence-electron chi connectivity index (χ4n) is 1.75. The number of benzene rings is 1. The minimum atomic E-state index is -0.540. The van der Waals surface area contributed by atoms with Gasteiger partial charge >= 0.3 is 0 Å².